The molecule has 2 aliphatic heterocycles. The number of piperazine rings is 1. The van der Waals surface area contributed by atoms with Gasteiger partial charge in [0, 0.05) is 31.9 Å². The van der Waals surface area contributed by atoms with Gasteiger partial charge in [-0.3, -0.25) is 4.79 Å². The SMILES string of the molecule is Cc1ccc(S(=O)(=O)N[C@H]2C=C[C@H](CC(=O)N3CCN(c4ccccc4)CC3)O[C@@H]2CO)cc1. The molecule has 2 aliphatic rings. The van der Waals surface area contributed by atoms with Gasteiger partial charge in [0.2, 0.25) is 15.9 Å². The van der Waals surface area contributed by atoms with Crippen molar-refractivity contribution in [3.05, 3.63) is 72.3 Å². The molecule has 0 bridgehead atoms. The summed E-state index contributed by atoms with van der Waals surface area (Å²) >= 11 is 0. The topological polar surface area (TPSA) is 99.2 Å². The summed E-state index contributed by atoms with van der Waals surface area (Å²) in [6.07, 6.45) is 2.22. The van der Waals surface area contributed by atoms with Crippen molar-refractivity contribution in [2.45, 2.75) is 36.5 Å². The number of ether oxygens (including phenoxy) is 1. The van der Waals surface area contributed by atoms with E-state index in [1.54, 1.807) is 24.3 Å². The molecule has 1 fully saturated rings. The van der Waals surface area contributed by atoms with Crippen LogP contribution in [0, 0.1) is 6.92 Å². The number of hydrogen-bond acceptors (Lipinski definition) is 6. The number of para-hydroxylation sites is 1. The van der Waals surface area contributed by atoms with Gasteiger partial charge in [0.1, 0.15) is 6.10 Å². The van der Waals surface area contributed by atoms with Crippen LogP contribution in [0.2, 0.25) is 0 Å². The summed E-state index contributed by atoms with van der Waals surface area (Å²) in [4.78, 5) is 17.1. The molecule has 34 heavy (non-hydrogen) atoms. The summed E-state index contributed by atoms with van der Waals surface area (Å²) in [6.45, 7) is 4.30. The zero-order valence-electron chi connectivity index (χ0n) is 19.2. The molecule has 182 valence electrons. The standard InChI is InChI=1S/C25H31N3O5S/c1-19-7-10-22(11-8-19)34(31,32)26-23-12-9-21(33-24(23)18-29)17-25(30)28-15-13-27(14-16-28)20-5-3-2-4-6-20/h2-12,21,23-24,26,29H,13-18H2,1H3/t21-,23+,24-/m1/s1. The Hall–Kier alpha value is -2.72. The lowest BCUT2D eigenvalue weighted by molar-refractivity contribution is -0.135. The van der Waals surface area contributed by atoms with E-state index < -0.39 is 28.3 Å². The molecule has 0 saturated carbocycles. The molecule has 0 radical (unpaired) electrons. The lowest BCUT2D eigenvalue weighted by Crippen LogP contribution is -2.51. The fraction of sp³-hybridized carbons (Fsp3) is 0.400. The average Bonchev–Trinajstić information content (AvgIpc) is 2.85. The lowest BCUT2D eigenvalue weighted by atomic mass is 10.1. The van der Waals surface area contributed by atoms with Crippen molar-refractivity contribution < 1.29 is 23.1 Å². The minimum Gasteiger partial charge on any atom is -0.394 e. The highest BCUT2D eigenvalue weighted by Gasteiger charge is 2.32. The Morgan fingerprint density at radius 1 is 1.03 bits per heavy atom. The Balaban J connectivity index is 1.32. The first-order valence-electron chi connectivity index (χ1n) is 11.5. The third-order valence-corrected chi connectivity index (χ3v) is 7.69. The summed E-state index contributed by atoms with van der Waals surface area (Å²) in [5.74, 6) is -0.0160. The van der Waals surface area contributed by atoms with E-state index in [2.05, 4.69) is 21.8 Å². The Bertz CT molecular complexity index is 1100. The molecule has 2 aromatic rings. The van der Waals surface area contributed by atoms with E-state index in [4.69, 9.17) is 4.74 Å². The van der Waals surface area contributed by atoms with Gasteiger partial charge >= 0.3 is 0 Å². The number of benzene rings is 2. The number of sulfonamides is 1. The Labute approximate surface area is 200 Å². The molecule has 1 saturated heterocycles. The van der Waals surface area contributed by atoms with Crippen LogP contribution in [0.1, 0.15) is 12.0 Å². The number of carbonyl (C=O) groups excluding carboxylic acids is 1. The van der Waals surface area contributed by atoms with E-state index >= 15 is 0 Å². The largest absolute Gasteiger partial charge is 0.394 e. The molecular weight excluding hydrogens is 454 g/mol. The van der Waals surface area contributed by atoms with Crippen molar-refractivity contribution in [3.8, 4) is 0 Å². The van der Waals surface area contributed by atoms with E-state index in [1.165, 1.54) is 12.1 Å². The third kappa shape index (κ3) is 5.85. The first-order valence-corrected chi connectivity index (χ1v) is 13.0. The van der Waals surface area contributed by atoms with Crippen LogP contribution < -0.4 is 9.62 Å². The van der Waals surface area contributed by atoms with Gasteiger partial charge in [0.15, 0.2) is 0 Å². The van der Waals surface area contributed by atoms with Gasteiger partial charge in [0.25, 0.3) is 0 Å². The van der Waals surface area contributed by atoms with Crippen LogP contribution in [0.3, 0.4) is 0 Å². The number of carbonyl (C=O) groups is 1. The number of aliphatic hydroxyl groups is 1. The molecule has 0 unspecified atom stereocenters. The van der Waals surface area contributed by atoms with Crippen LogP contribution in [-0.2, 0) is 19.6 Å². The van der Waals surface area contributed by atoms with Crippen molar-refractivity contribution >= 4 is 21.6 Å². The Morgan fingerprint density at radius 2 is 1.71 bits per heavy atom. The first-order chi connectivity index (χ1) is 16.4. The second kappa shape index (κ2) is 10.7. The van der Waals surface area contributed by atoms with Gasteiger partial charge in [-0.1, -0.05) is 48.0 Å². The molecule has 2 aromatic carbocycles. The van der Waals surface area contributed by atoms with E-state index in [1.807, 2.05) is 30.0 Å². The maximum atomic E-state index is 12.8. The van der Waals surface area contributed by atoms with Gasteiger partial charge in [-0.2, -0.15) is 0 Å². The maximum absolute atomic E-state index is 12.8. The second-order valence-corrected chi connectivity index (χ2v) is 10.4. The molecule has 1 amide bonds. The van der Waals surface area contributed by atoms with Crippen LogP contribution in [-0.4, -0.2) is 75.4 Å². The predicted octanol–water partition coefficient (Wildman–Crippen LogP) is 1.70. The average molecular weight is 486 g/mol. The van der Waals surface area contributed by atoms with Gasteiger partial charge in [-0.25, -0.2) is 13.1 Å². The fourth-order valence-corrected chi connectivity index (χ4v) is 5.45. The highest BCUT2D eigenvalue weighted by Crippen LogP contribution is 2.21. The zero-order chi connectivity index (χ0) is 24.1. The summed E-state index contributed by atoms with van der Waals surface area (Å²) in [5.41, 5.74) is 2.11. The quantitative estimate of drug-likeness (QED) is 0.579. The Morgan fingerprint density at radius 3 is 2.35 bits per heavy atom. The first kappa shape index (κ1) is 24.4. The molecule has 2 N–H and O–H groups in total. The van der Waals surface area contributed by atoms with Crippen LogP contribution >= 0.6 is 0 Å². The number of nitrogens with one attached hydrogen (secondary N) is 1. The highest BCUT2D eigenvalue weighted by atomic mass is 32.2. The van der Waals surface area contributed by atoms with E-state index in [0.717, 1.165) is 24.3 Å². The van der Waals surface area contributed by atoms with Crippen LogP contribution in [0.25, 0.3) is 0 Å². The monoisotopic (exact) mass is 485 g/mol. The Kier molecular flexibility index (Phi) is 7.67. The molecule has 4 rings (SSSR count). The number of nitrogens with zero attached hydrogens (tertiary/aromatic N) is 2. The van der Waals surface area contributed by atoms with E-state index in [0.29, 0.717) is 13.1 Å². The number of aryl methyl sites for hydroxylation is 1. The van der Waals surface area contributed by atoms with Gasteiger partial charge < -0.3 is 19.6 Å². The number of aliphatic hydroxyl groups excluding tert-OH is 1. The van der Waals surface area contributed by atoms with E-state index in [9.17, 15) is 18.3 Å². The maximum Gasteiger partial charge on any atom is 0.241 e. The minimum absolute atomic E-state index is 0.0160. The van der Waals surface area contributed by atoms with Crippen LogP contribution in [0.4, 0.5) is 5.69 Å². The fourth-order valence-electron chi connectivity index (χ4n) is 4.23. The smallest absolute Gasteiger partial charge is 0.241 e. The molecular formula is C25H31N3O5S. The second-order valence-electron chi connectivity index (χ2n) is 8.65. The summed E-state index contributed by atoms with van der Waals surface area (Å²) in [6, 6.07) is 15.9. The normalized spacial score (nSPS) is 23.2. The summed E-state index contributed by atoms with van der Waals surface area (Å²) < 4.78 is 33.9. The molecule has 3 atom stereocenters. The van der Waals surface area contributed by atoms with Gasteiger partial charge in [-0.05, 0) is 31.2 Å². The van der Waals surface area contributed by atoms with Gasteiger partial charge in [-0.15, -0.1) is 0 Å². The molecule has 9 heteroatoms. The highest BCUT2D eigenvalue weighted by molar-refractivity contribution is 7.89. The van der Waals surface area contributed by atoms with Crippen molar-refractivity contribution in [3.63, 3.8) is 0 Å². The van der Waals surface area contributed by atoms with Crippen LogP contribution in [0.15, 0.2) is 71.6 Å². The van der Waals surface area contributed by atoms with Crippen molar-refractivity contribution in [1.29, 1.82) is 0 Å². The summed E-state index contributed by atoms with van der Waals surface area (Å²) in [7, 11) is -3.78. The van der Waals surface area contributed by atoms with Crippen molar-refractivity contribution in [2.24, 2.45) is 0 Å². The minimum atomic E-state index is -3.78. The van der Waals surface area contributed by atoms with Gasteiger partial charge in [0.05, 0.1) is 30.1 Å². The molecule has 2 heterocycles. The zero-order valence-corrected chi connectivity index (χ0v) is 20.0. The van der Waals surface area contributed by atoms with Crippen molar-refractivity contribution in [2.75, 3.05) is 37.7 Å². The molecule has 0 spiro atoms. The third-order valence-electron chi connectivity index (χ3n) is 6.22. The van der Waals surface area contributed by atoms with E-state index in [-0.39, 0.29) is 23.8 Å². The lowest BCUT2D eigenvalue weighted by Gasteiger charge is -2.37. The predicted molar refractivity (Wildman–Crippen MR) is 130 cm³/mol. The summed E-state index contributed by atoms with van der Waals surface area (Å²) in [5, 5.41) is 9.81. The number of rotatable bonds is 7. The number of anilines is 1. The molecule has 0 aromatic heterocycles. The number of amides is 1. The van der Waals surface area contributed by atoms with Crippen molar-refractivity contribution in [1.82, 2.24) is 9.62 Å². The van der Waals surface area contributed by atoms with Crippen LogP contribution in [0.5, 0.6) is 0 Å². The molecule has 0 aliphatic carbocycles. The number of hydrogen-bond donors (Lipinski definition) is 2. The molecule has 8 nitrogen and oxygen atoms in total.